The smallest absolute Gasteiger partial charge is 0.254 e. The Balaban J connectivity index is 2.17. The zero-order valence-electron chi connectivity index (χ0n) is 10.8. The summed E-state index contributed by atoms with van der Waals surface area (Å²) < 4.78 is 0. The highest BCUT2D eigenvalue weighted by Crippen LogP contribution is 2.20. The first-order valence-corrected chi connectivity index (χ1v) is 6.22. The summed E-state index contributed by atoms with van der Waals surface area (Å²) in [6.45, 7) is 2.64. The third-order valence-corrected chi connectivity index (χ3v) is 3.36. The van der Waals surface area contributed by atoms with Crippen LogP contribution in [0, 0.1) is 6.92 Å². The first kappa shape index (κ1) is 12.6. The van der Waals surface area contributed by atoms with Gasteiger partial charge in [-0.1, -0.05) is 17.7 Å². The van der Waals surface area contributed by atoms with Crippen molar-refractivity contribution in [1.82, 2.24) is 10.2 Å². The molecule has 18 heavy (non-hydrogen) atoms. The maximum atomic E-state index is 12.3. The monoisotopic (exact) mass is 246 g/mol. The summed E-state index contributed by atoms with van der Waals surface area (Å²) in [6.07, 6.45) is 1.63. The van der Waals surface area contributed by atoms with Gasteiger partial charge in [0.2, 0.25) is 5.91 Å². The lowest BCUT2D eigenvalue weighted by Gasteiger charge is -2.23. The number of hydrogen-bond acceptors (Lipinski definition) is 2. The van der Waals surface area contributed by atoms with Gasteiger partial charge in [0.1, 0.15) is 6.04 Å². The molecule has 0 aromatic heterocycles. The molecular formula is C14H18N2O2. The number of carbonyl (C=O) groups is 2. The highest BCUT2D eigenvalue weighted by Gasteiger charge is 2.33. The zero-order chi connectivity index (χ0) is 13.1. The van der Waals surface area contributed by atoms with Gasteiger partial charge in [-0.3, -0.25) is 9.59 Å². The summed E-state index contributed by atoms with van der Waals surface area (Å²) in [4.78, 5) is 25.7. The van der Waals surface area contributed by atoms with Gasteiger partial charge in [-0.15, -0.1) is 0 Å². The van der Waals surface area contributed by atoms with Crippen molar-refractivity contribution in [3.63, 3.8) is 0 Å². The van der Waals surface area contributed by atoms with Gasteiger partial charge in [0.05, 0.1) is 0 Å². The van der Waals surface area contributed by atoms with Crippen LogP contribution >= 0.6 is 0 Å². The molecular weight excluding hydrogens is 228 g/mol. The molecule has 1 aliphatic heterocycles. The Kier molecular flexibility index (Phi) is 3.65. The van der Waals surface area contributed by atoms with Gasteiger partial charge in [-0.05, 0) is 31.9 Å². The van der Waals surface area contributed by atoms with Gasteiger partial charge in [0.25, 0.3) is 5.91 Å². The van der Waals surface area contributed by atoms with Crippen molar-refractivity contribution in [2.24, 2.45) is 0 Å². The maximum Gasteiger partial charge on any atom is 0.254 e. The van der Waals surface area contributed by atoms with Crippen molar-refractivity contribution in [2.75, 3.05) is 13.6 Å². The van der Waals surface area contributed by atoms with E-state index in [1.54, 1.807) is 11.9 Å². The molecule has 1 atom stereocenters. The van der Waals surface area contributed by atoms with E-state index in [1.807, 2.05) is 31.2 Å². The molecule has 0 saturated carbocycles. The average molecular weight is 246 g/mol. The van der Waals surface area contributed by atoms with Crippen LogP contribution in [-0.2, 0) is 4.79 Å². The Hall–Kier alpha value is -1.84. The lowest BCUT2D eigenvalue weighted by atomic mass is 10.1. The summed E-state index contributed by atoms with van der Waals surface area (Å²) >= 11 is 0. The molecule has 1 aromatic carbocycles. The lowest BCUT2D eigenvalue weighted by molar-refractivity contribution is -0.124. The number of aryl methyl sites for hydroxylation is 1. The largest absolute Gasteiger partial charge is 0.357 e. The molecule has 1 N–H and O–H groups in total. The van der Waals surface area contributed by atoms with Crippen LogP contribution in [0.15, 0.2) is 24.3 Å². The molecule has 4 heteroatoms. The van der Waals surface area contributed by atoms with Crippen LogP contribution in [0.3, 0.4) is 0 Å². The van der Waals surface area contributed by atoms with Crippen molar-refractivity contribution in [1.29, 1.82) is 0 Å². The van der Waals surface area contributed by atoms with Gasteiger partial charge in [0.15, 0.2) is 0 Å². The Morgan fingerprint density at radius 2 is 1.94 bits per heavy atom. The Morgan fingerprint density at radius 1 is 1.28 bits per heavy atom. The number of carbonyl (C=O) groups excluding carboxylic acids is 2. The normalized spacial score (nSPS) is 18.8. The van der Waals surface area contributed by atoms with Crippen molar-refractivity contribution in [3.05, 3.63) is 35.4 Å². The molecule has 0 radical (unpaired) electrons. The Morgan fingerprint density at radius 3 is 2.56 bits per heavy atom. The summed E-state index contributed by atoms with van der Waals surface area (Å²) in [7, 11) is 1.61. The van der Waals surface area contributed by atoms with E-state index in [9.17, 15) is 9.59 Å². The van der Waals surface area contributed by atoms with Gasteiger partial charge in [-0.2, -0.15) is 0 Å². The second kappa shape index (κ2) is 5.21. The summed E-state index contributed by atoms with van der Waals surface area (Å²) in [5, 5.41) is 2.62. The average Bonchev–Trinajstić information content (AvgIpc) is 2.87. The van der Waals surface area contributed by atoms with E-state index in [0.717, 1.165) is 18.4 Å². The number of nitrogens with one attached hydrogen (secondary N) is 1. The topological polar surface area (TPSA) is 49.4 Å². The molecule has 2 amide bonds. The van der Waals surface area contributed by atoms with E-state index < -0.39 is 0 Å². The molecule has 2 rings (SSSR count). The Labute approximate surface area is 107 Å². The van der Waals surface area contributed by atoms with E-state index in [1.165, 1.54) is 0 Å². The third-order valence-electron chi connectivity index (χ3n) is 3.36. The van der Waals surface area contributed by atoms with E-state index in [-0.39, 0.29) is 17.9 Å². The van der Waals surface area contributed by atoms with Crippen LogP contribution in [0.5, 0.6) is 0 Å². The SMILES string of the molecule is CNC(=O)C1CCCN1C(=O)c1ccc(C)cc1. The van der Waals surface area contributed by atoms with Crippen LogP contribution < -0.4 is 5.32 Å². The van der Waals surface area contributed by atoms with Crippen LogP contribution in [0.25, 0.3) is 0 Å². The van der Waals surface area contributed by atoms with Crippen LogP contribution in [-0.4, -0.2) is 36.3 Å². The third kappa shape index (κ3) is 2.37. The van der Waals surface area contributed by atoms with E-state index >= 15 is 0 Å². The van der Waals surface area contributed by atoms with E-state index in [2.05, 4.69) is 5.32 Å². The molecule has 1 aliphatic rings. The van der Waals surface area contributed by atoms with Crippen molar-refractivity contribution < 1.29 is 9.59 Å². The molecule has 4 nitrogen and oxygen atoms in total. The van der Waals surface area contributed by atoms with E-state index in [4.69, 9.17) is 0 Å². The summed E-state index contributed by atoms with van der Waals surface area (Å²) in [6, 6.07) is 7.15. The zero-order valence-corrected chi connectivity index (χ0v) is 10.8. The van der Waals surface area contributed by atoms with Gasteiger partial charge in [0, 0.05) is 19.2 Å². The first-order valence-electron chi connectivity index (χ1n) is 6.22. The minimum Gasteiger partial charge on any atom is -0.357 e. The van der Waals surface area contributed by atoms with Crippen molar-refractivity contribution in [2.45, 2.75) is 25.8 Å². The quantitative estimate of drug-likeness (QED) is 0.856. The number of benzene rings is 1. The summed E-state index contributed by atoms with van der Waals surface area (Å²) in [5.74, 6) is -0.130. The predicted molar refractivity (Wildman–Crippen MR) is 69.3 cm³/mol. The van der Waals surface area contributed by atoms with Gasteiger partial charge in [-0.25, -0.2) is 0 Å². The second-order valence-corrected chi connectivity index (χ2v) is 4.64. The highest BCUT2D eigenvalue weighted by atomic mass is 16.2. The standard InChI is InChI=1S/C14H18N2O2/c1-10-5-7-11(8-6-10)14(18)16-9-3-4-12(16)13(17)15-2/h5-8,12H,3-4,9H2,1-2H3,(H,15,17). The number of rotatable bonds is 2. The predicted octanol–water partition coefficient (Wildman–Crippen LogP) is 1.35. The maximum absolute atomic E-state index is 12.3. The fraction of sp³-hybridized carbons (Fsp3) is 0.429. The fourth-order valence-electron chi connectivity index (χ4n) is 2.31. The van der Waals surface area contributed by atoms with Crippen LogP contribution in [0.2, 0.25) is 0 Å². The molecule has 0 aliphatic carbocycles. The summed E-state index contributed by atoms with van der Waals surface area (Å²) in [5.41, 5.74) is 1.77. The second-order valence-electron chi connectivity index (χ2n) is 4.64. The van der Waals surface area contributed by atoms with E-state index in [0.29, 0.717) is 12.1 Å². The molecule has 0 spiro atoms. The first-order chi connectivity index (χ1) is 8.63. The van der Waals surface area contributed by atoms with Gasteiger partial charge < -0.3 is 10.2 Å². The molecule has 0 bridgehead atoms. The number of likely N-dealkylation sites (tertiary alicyclic amines) is 1. The minimum atomic E-state index is -0.316. The highest BCUT2D eigenvalue weighted by molar-refractivity contribution is 5.97. The number of amides is 2. The molecule has 1 unspecified atom stereocenters. The lowest BCUT2D eigenvalue weighted by Crippen LogP contribution is -2.44. The van der Waals surface area contributed by atoms with Crippen molar-refractivity contribution >= 4 is 11.8 Å². The number of nitrogens with zero attached hydrogens (tertiary/aromatic N) is 1. The fourth-order valence-corrected chi connectivity index (χ4v) is 2.31. The Bertz CT molecular complexity index is 453. The van der Waals surface area contributed by atoms with Crippen LogP contribution in [0.1, 0.15) is 28.8 Å². The number of hydrogen-bond donors (Lipinski definition) is 1. The number of likely N-dealkylation sites (N-methyl/N-ethyl adjacent to an activating group) is 1. The van der Waals surface area contributed by atoms with Crippen molar-refractivity contribution in [3.8, 4) is 0 Å². The molecule has 1 fully saturated rings. The van der Waals surface area contributed by atoms with Gasteiger partial charge >= 0.3 is 0 Å². The molecule has 1 saturated heterocycles. The minimum absolute atomic E-state index is 0.0545. The molecule has 1 heterocycles. The van der Waals surface area contributed by atoms with Crippen LogP contribution in [0.4, 0.5) is 0 Å². The molecule has 96 valence electrons. The molecule has 1 aromatic rings.